The zero-order valence-corrected chi connectivity index (χ0v) is 18.3. The Kier molecular flexibility index (Phi) is 6.14. The van der Waals surface area contributed by atoms with Crippen LogP contribution in [-0.2, 0) is 14.8 Å². The summed E-state index contributed by atoms with van der Waals surface area (Å²) in [4.78, 5) is 12.9. The molecule has 1 N–H and O–H groups in total. The number of piperidine rings is 1. The van der Waals surface area contributed by atoms with Gasteiger partial charge in [-0.15, -0.1) is 10.2 Å². The van der Waals surface area contributed by atoms with E-state index in [-0.39, 0.29) is 17.3 Å². The van der Waals surface area contributed by atoms with Crippen molar-refractivity contribution in [2.45, 2.75) is 17.7 Å². The lowest BCUT2D eigenvalue weighted by Crippen LogP contribution is -2.43. The van der Waals surface area contributed by atoms with Crippen LogP contribution in [0.25, 0.3) is 10.6 Å². The third-order valence-electron chi connectivity index (χ3n) is 4.88. The fraction of sp³-hybridized carbons (Fsp3) is 0.250. The van der Waals surface area contributed by atoms with Gasteiger partial charge in [-0.05, 0) is 37.1 Å². The molecule has 0 aliphatic carbocycles. The average Bonchev–Trinajstić information content (AvgIpc) is 3.23. The van der Waals surface area contributed by atoms with Crippen LogP contribution in [0.4, 0.5) is 5.13 Å². The van der Waals surface area contributed by atoms with Crippen molar-refractivity contribution in [3.63, 3.8) is 0 Å². The number of aromatic nitrogens is 2. The Bertz CT molecular complexity index is 1130. The number of carbonyl (C=O) groups excluding carboxylic acids is 1. The normalized spacial score (nSPS) is 17.6. The number of halogens is 1. The van der Waals surface area contributed by atoms with E-state index in [9.17, 15) is 13.2 Å². The van der Waals surface area contributed by atoms with Crippen LogP contribution < -0.4 is 5.32 Å². The van der Waals surface area contributed by atoms with E-state index < -0.39 is 15.9 Å². The summed E-state index contributed by atoms with van der Waals surface area (Å²) in [5.74, 6) is -0.702. The van der Waals surface area contributed by atoms with Crippen LogP contribution in [0.5, 0.6) is 0 Å². The number of nitrogens with one attached hydrogen (secondary N) is 1. The van der Waals surface area contributed by atoms with E-state index in [1.165, 1.54) is 27.8 Å². The molecule has 1 amide bonds. The first-order valence-corrected chi connectivity index (χ1v) is 12.0. The summed E-state index contributed by atoms with van der Waals surface area (Å²) >= 11 is 7.14. The Labute approximate surface area is 183 Å². The summed E-state index contributed by atoms with van der Waals surface area (Å²) in [7, 11) is -3.68. The van der Waals surface area contributed by atoms with Gasteiger partial charge in [0, 0.05) is 23.7 Å². The Morgan fingerprint density at radius 2 is 1.83 bits per heavy atom. The second-order valence-corrected chi connectivity index (χ2v) is 10.3. The van der Waals surface area contributed by atoms with Gasteiger partial charge in [0.05, 0.1) is 10.8 Å². The van der Waals surface area contributed by atoms with Crippen molar-refractivity contribution >= 4 is 44.0 Å². The number of sulfonamides is 1. The molecule has 1 aliphatic heterocycles. The van der Waals surface area contributed by atoms with Crippen LogP contribution in [0, 0.1) is 5.92 Å². The first-order valence-electron chi connectivity index (χ1n) is 9.39. The van der Waals surface area contributed by atoms with Crippen molar-refractivity contribution in [1.82, 2.24) is 14.5 Å². The first kappa shape index (κ1) is 20.9. The molecule has 2 aromatic carbocycles. The molecule has 1 unspecified atom stereocenters. The molecular weight excluding hydrogens is 444 g/mol. The zero-order chi connectivity index (χ0) is 21.1. The molecule has 3 aromatic rings. The maximum Gasteiger partial charge on any atom is 0.243 e. The lowest BCUT2D eigenvalue weighted by atomic mass is 9.99. The minimum absolute atomic E-state index is 0.126. The molecule has 30 heavy (non-hydrogen) atoms. The average molecular weight is 463 g/mol. The van der Waals surface area contributed by atoms with E-state index in [1.807, 2.05) is 30.3 Å². The van der Waals surface area contributed by atoms with Crippen LogP contribution in [-0.4, -0.2) is 41.9 Å². The van der Waals surface area contributed by atoms with E-state index in [2.05, 4.69) is 15.5 Å². The van der Waals surface area contributed by atoms with Gasteiger partial charge < -0.3 is 5.32 Å². The molecule has 0 bridgehead atoms. The number of amides is 1. The Morgan fingerprint density at radius 3 is 2.57 bits per heavy atom. The highest BCUT2D eigenvalue weighted by atomic mass is 35.5. The molecular formula is C20H19ClN4O3S2. The lowest BCUT2D eigenvalue weighted by Gasteiger charge is -2.31. The van der Waals surface area contributed by atoms with E-state index >= 15 is 0 Å². The van der Waals surface area contributed by atoms with Crippen LogP contribution in [0.2, 0.25) is 5.02 Å². The third-order valence-corrected chi connectivity index (χ3v) is 7.90. The van der Waals surface area contributed by atoms with Crippen LogP contribution in [0.3, 0.4) is 0 Å². The zero-order valence-electron chi connectivity index (χ0n) is 15.9. The van der Waals surface area contributed by atoms with Gasteiger partial charge in [-0.1, -0.05) is 53.3 Å². The number of rotatable bonds is 5. The van der Waals surface area contributed by atoms with Gasteiger partial charge in [-0.3, -0.25) is 4.79 Å². The predicted octanol–water partition coefficient (Wildman–Crippen LogP) is 3.90. The molecule has 1 atom stereocenters. The van der Waals surface area contributed by atoms with Crippen LogP contribution in [0.1, 0.15) is 12.8 Å². The van der Waals surface area contributed by atoms with Crippen LogP contribution in [0.15, 0.2) is 59.5 Å². The molecule has 1 fully saturated rings. The highest BCUT2D eigenvalue weighted by Gasteiger charge is 2.33. The van der Waals surface area contributed by atoms with Gasteiger partial charge in [0.1, 0.15) is 5.01 Å². The standard InChI is InChI=1S/C20H19ClN4O3S2/c21-16-8-10-17(11-9-16)30(27,28)25-12-4-7-15(13-25)18(26)22-20-24-23-19(29-20)14-5-2-1-3-6-14/h1-3,5-6,8-11,15H,4,7,12-13H2,(H,22,24,26). The topological polar surface area (TPSA) is 92.3 Å². The highest BCUT2D eigenvalue weighted by Crippen LogP contribution is 2.28. The fourth-order valence-electron chi connectivity index (χ4n) is 3.31. The van der Waals surface area contributed by atoms with E-state index in [0.717, 1.165) is 5.56 Å². The van der Waals surface area contributed by atoms with Gasteiger partial charge in [-0.25, -0.2) is 8.42 Å². The number of anilines is 1. The summed E-state index contributed by atoms with van der Waals surface area (Å²) in [5, 5.41) is 12.5. The molecule has 1 aromatic heterocycles. The molecule has 7 nitrogen and oxygen atoms in total. The quantitative estimate of drug-likeness (QED) is 0.620. The summed E-state index contributed by atoms with van der Waals surface area (Å²) in [5.41, 5.74) is 0.924. The molecule has 156 valence electrons. The second kappa shape index (κ2) is 8.81. The number of carbonyl (C=O) groups is 1. The van der Waals surface area contributed by atoms with Gasteiger partial charge in [0.2, 0.25) is 21.1 Å². The third kappa shape index (κ3) is 4.54. The van der Waals surface area contributed by atoms with Gasteiger partial charge in [0.15, 0.2) is 0 Å². The SMILES string of the molecule is O=C(Nc1nnc(-c2ccccc2)s1)C1CCCN(S(=O)(=O)c2ccc(Cl)cc2)C1. The van der Waals surface area contributed by atoms with Crippen molar-refractivity contribution < 1.29 is 13.2 Å². The summed E-state index contributed by atoms with van der Waals surface area (Å²) in [6.07, 6.45) is 1.22. The van der Waals surface area contributed by atoms with Crippen molar-refractivity contribution in [3.8, 4) is 10.6 Å². The monoisotopic (exact) mass is 462 g/mol. The van der Waals surface area contributed by atoms with E-state index in [1.54, 1.807) is 12.1 Å². The molecule has 10 heteroatoms. The highest BCUT2D eigenvalue weighted by molar-refractivity contribution is 7.89. The summed E-state index contributed by atoms with van der Waals surface area (Å²) in [6, 6.07) is 15.6. The van der Waals surface area contributed by atoms with Crippen molar-refractivity contribution in [1.29, 1.82) is 0 Å². The second-order valence-electron chi connectivity index (χ2n) is 6.92. The van der Waals surface area contributed by atoms with E-state index in [0.29, 0.717) is 34.5 Å². The van der Waals surface area contributed by atoms with Gasteiger partial charge >= 0.3 is 0 Å². The van der Waals surface area contributed by atoms with Crippen molar-refractivity contribution in [2.75, 3.05) is 18.4 Å². The van der Waals surface area contributed by atoms with Gasteiger partial charge in [0.25, 0.3) is 0 Å². The largest absolute Gasteiger partial charge is 0.300 e. The minimum atomic E-state index is -3.68. The molecule has 0 spiro atoms. The summed E-state index contributed by atoms with van der Waals surface area (Å²) in [6.45, 7) is 0.507. The molecule has 4 rings (SSSR count). The van der Waals surface area contributed by atoms with Crippen molar-refractivity contribution in [3.05, 3.63) is 59.6 Å². The first-order chi connectivity index (χ1) is 14.4. The Hall–Kier alpha value is -2.33. The lowest BCUT2D eigenvalue weighted by molar-refractivity contribution is -0.120. The van der Waals surface area contributed by atoms with Crippen molar-refractivity contribution in [2.24, 2.45) is 5.92 Å². The number of nitrogens with zero attached hydrogens (tertiary/aromatic N) is 3. The van der Waals surface area contributed by atoms with Gasteiger partial charge in [-0.2, -0.15) is 4.31 Å². The number of hydrogen-bond donors (Lipinski definition) is 1. The molecule has 1 aliphatic rings. The number of hydrogen-bond acceptors (Lipinski definition) is 6. The summed E-state index contributed by atoms with van der Waals surface area (Å²) < 4.78 is 27.2. The predicted molar refractivity (Wildman–Crippen MR) is 117 cm³/mol. The van der Waals surface area contributed by atoms with E-state index in [4.69, 9.17) is 11.6 Å². The number of benzene rings is 2. The smallest absolute Gasteiger partial charge is 0.243 e. The molecule has 1 saturated heterocycles. The fourth-order valence-corrected chi connectivity index (χ4v) is 5.71. The maximum absolute atomic E-state index is 12.9. The molecule has 0 radical (unpaired) electrons. The Balaban J connectivity index is 1.44. The Morgan fingerprint density at radius 1 is 1.10 bits per heavy atom. The van der Waals surface area contributed by atoms with Crippen LogP contribution >= 0.6 is 22.9 Å². The maximum atomic E-state index is 12.9. The minimum Gasteiger partial charge on any atom is -0.300 e. The molecule has 0 saturated carbocycles. The molecule has 2 heterocycles.